The molecule has 0 spiro atoms. The minimum Gasteiger partial charge on any atom is -0.349 e. The standard InChI is InChI=1S/C27H29FN8O/c1-16-17(2)36(26(37)27(3,13-28)14-30)10-9-35(16)25-23-20(18-5-6-18)7-8-21(24(23)31-15-32-25)22-11-19(12-29)34(4)33-22/h7-8,11,15-18H,5-6,9-10,13H2,1-4H3/t16-,17+,27+/m1/s1. The molecule has 2 aliphatic rings. The molecule has 3 atom stereocenters. The molecule has 0 N–H and O–H groups in total. The second-order valence-electron chi connectivity index (χ2n) is 10.3. The molecule has 3 aromatic rings. The zero-order valence-electron chi connectivity index (χ0n) is 21.4. The maximum absolute atomic E-state index is 13.6. The topological polar surface area (TPSA) is 115 Å². The number of hydrogen-bond acceptors (Lipinski definition) is 7. The van der Waals surface area contributed by atoms with Gasteiger partial charge in [0.2, 0.25) is 5.91 Å². The van der Waals surface area contributed by atoms with E-state index in [1.807, 2.05) is 26.0 Å². The lowest BCUT2D eigenvalue weighted by Crippen LogP contribution is -2.61. The fraction of sp³-hybridized carbons (Fsp3) is 0.481. The van der Waals surface area contributed by atoms with Crippen molar-refractivity contribution >= 4 is 22.6 Å². The van der Waals surface area contributed by atoms with E-state index in [9.17, 15) is 19.7 Å². The van der Waals surface area contributed by atoms with Crippen LogP contribution in [0.3, 0.4) is 0 Å². The smallest absolute Gasteiger partial charge is 0.245 e. The second-order valence-corrected chi connectivity index (χ2v) is 10.3. The van der Waals surface area contributed by atoms with Gasteiger partial charge in [-0.1, -0.05) is 12.1 Å². The molecule has 1 aliphatic heterocycles. The van der Waals surface area contributed by atoms with Crippen molar-refractivity contribution in [2.24, 2.45) is 12.5 Å². The number of carbonyl (C=O) groups is 1. The Morgan fingerprint density at radius 3 is 2.57 bits per heavy atom. The lowest BCUT2D eigenvalue weighted by Gasteiger charge is -2.47. The number of alkyl halides is 1. The zero-order chi connectivity index (χ0) is 26.5. The number of anilines is 1. The van der Waals surface area contributed by atoms with Gasteiger partial charge in [-0.25, -0.2) is 14.4 Å². The SMILES string of the molecule is C[C@@H]1[C@H](C)N(C(=O)[C@](C)(C#N)CF)CCN1c1ncnc2c(-c3cc(C#N)n(C)n3)ccc(C3CC3)c12. The molecule has 190 valence electrons. The van der Waals surface area contributed by atoms with E-state index in [1.165, 1.54) is 12.5 Å². The number of fused-ring (bicyclic) bond motifs is 1. The van der Waals surface area contributed by atoms with Crippen LogP contribution in [0.5, 0.6) is 0 Å². The summed E-state index contributed by atoms with van der Waals surface area (Å²) in [6.45, 7) is 5.14. The highest BCUT2D eigenvalue weighted by Gasteiger charge is 2.43. The first-order valence-corrected chi connectivity index (χ1v) is 12.5. The van der Waals surface area contributed by atoms with Gasteiger partial charge in [-0.05, 0) is 45.1 Å². The number of carbonyl (C=O) groups excluding carboxylic acids is 1. The molecular weight excluding hydrogens is 471 g/mol. The number of benzene rings is 1. The quantitative estimate of drug-likeness (QED) is 0.525. The van der Waals surface area contributed by atoms with E-state index in [0.29, 0.717) is 30.4 Å². The van der Waals surface area contributed by atoms with Crippen molar-refractivity contribution in [3.8, 4) is 23.4 Å². The molecule has 10 heteroatoms. The van der Waals surface area contributed by atoms with Crippen molar-refractivity contribution in [1.29, 1.82) is 10.5 Å². The van der Waals surface area contributed by atoms with Crippen LogP contribution in [-0.4, -0.2) is 62.4 Å². The molecule has 5 rings (SSSR count). The fourth-order valence-corrected chi connectivity index (χ4v) is 5.22. The van der Waals surface area contributed by atoms with E-state index in [1.54, 1.807) is 29.0 Å². The number of amides is 1. The summed E-state index contributed by atoms with van der Waals surface area (Å²) >= 11 is 0. The number of aryl methyl sites for hydroxylation is 1. The van der Waals surface area contributed by atoms with Gasteiger partial charge in [0, 0.05) is 49.2 Å². The Morgan fingerprint density at radius 2 is 1.95 bits per heavy atom. The van der Waals surface area contributed by atoms with Crippen molar-refractivity contribution in [1.82, 2.24) is 24.6 Å². The normalized spacial score (nSPS) is 21.4. The molecule has 1 saturated carbocycles. The van der Waals surface area contributed by atoms with Gasteiger partial charge in [0.25, 0.3) is 0 Å². The Balaban J connectivity index is 1.58. The number of nitrogens with zero attached hydrogens (tertiary/aromatic N) is 8. The lowest BCUT2D eigenvalue weighted by molar-refractivity contribution is -0.142. The van der Waals surface area contributed by atoms with Crippen LogP contribution in [-0.2, 0) is 11.8 Å². The van der Waals surface area contributed by atoms with E-state index < -0.39 is 18.0 Å². The van der Waals surface area contributed by atoms with Gasteiger partial charge >= 0.3 is 0 Å². The molecule has 1 aliphatic carbocycles. The molecule has 2 fully saturated rings. The molecule has 1 saturated heterocycles. The molecule has 0 unspecified atom stereocenters. The first-order valence-electron chi connectivity index (χ1n) is 12.5. The first kappa shape index (κ1) is 24.6. The zero-order valence-corrected chi connectivity index (χ0v) is 21.4. The second kappa shape index (κ2) is 9.11. The van der Waals surface area contributed by atoms with E-state index in [4.69, 9.17) is 4.98 Å². The van der Waals surface area contributed by atoms with Crippen LogP contribution in [0.4, 0.5) is 10.2 Å². The molecule has 9 nitrogen and oxygen atoms in total. The van der Waals surface area contributed by atoms with Crippen molar-refractivity contribution < 1.29 is 9.18 Å². The van der Waals surface area contributed by atoms with Crippen LogP contribution in [0.15, 0.2) is 24.5 Å². The van der Waals surface area contributed by atoms with Crippen molar-refractivity contribution in [2.45, 2.75) is 51.6 Å². The number of nitriles is 2. The van der Waals surface area contributed by atoms with Crippen LogP contribution in [0.2, 0.25) is 0 Å². The fourth-order valence-electron chi connectivity index (χ4n) is 5.22. The summed E-state index contributed by atoms with van der Waals surface area (Å²) in [7, 11) is 1.74. The van der Waals surface area contributed by atoms with Gasteiger partial charge in [0.15, 0.2) is 5.41 Å². The molecule has 37 heavy (non-hydrogen) atoms. The maximum Gasteiger partial charge on any atom is 0.245 e. The number of halogens is 1. The molecule has 1 aromatic carbocycles. The van der Waals surface area contributed by atoms with Crippen molar-refractivity contribution in [2.75, 3.05) is 24.7 Å². The van der Waals surface area contributed by atoms with E-state index in [2.05, 4.69) is 27.1 Å². The summed E-state index contributed by atoms with van der Waals surface area (Å²) in [5.41, 5.74) is 2.27. The predicted molar refractivity (Wildman–Crippen MR) is 136 cm³/mol. The summed E-state index contributed by atoms with van der Waals surface area (Å²) in [4.78, 5) is 26.3. The first-order chi connectivity index (χ1) is 17.7. The number of piperazine rings is 1. The molecule has 1 amide bonds. The highest BCUT2D eigenvalue weighted by atomic mass is 19.1. The third-order valence-corrected chi connectivity index (χ3v) is 7.87. The Hall–Kier alpha value is -4.05. The van der Waals surface area contributed by atoms with E-state index in [-0.39, 0.29) is 12.1 Å². The van der Waals surface area contributed by atoms with Gasteiger partial charge in [-0.3, -0.25) is 9.48 Å². The Labute approximate surface area is 215 Å². The van der Waals surface area contributed by atoms with Crippen LogP contribution in [0.1, 0.15) is 50.8 Å². The Bertz CT molecular complexity index is 1470. The van der Waals surface area contributed by atoms with Gasteiger partial charge in [0.1, 0.15) is 30.6 Å². The maximum atomic E-state index is 13.6. The number of hydrogen-bond donors (Lipinski definition) is 0. The average Bonchev–Trinajstić information content (AvgIpc) is 3.69. The van der Waals surface area contributed by atoms with Gasteiger partial charge in [-0.15, -0.1) is 0 Å². The van der Waals surface area contributed by atoms with Crippen LogP contribution in [0, 0.1) is 28.1 Å². The minimum absolute atomic E-state index is 0.130. The predicted octanol–water partition coefficient (Wildman–Crippen LogP) is 3.70. The summed E-state index contributed by atoms with van der Waals surface area (Å²) < 4.78 is 15.2. The highest BCUT2D eigenvalue weighted by molar-refractivity contribution is 6.01. The van der Waals surface area contributed by atoms with Crippen LogP contribution >= 0.6 is 0 Å². The largest absolute Gasteiger partial charge is 0.349 e. The summed E-state index contributed by atoms with van der Waals surface area (Å²) in [6.07, 6.45) is 3.76. The van der Waals surface area contributed by atoms with Gasteiger partial charge in [0.05, 0.1) is 17.3 Å². The molecule has 0 radical (unpaired) electrons. The van der Waals surface area contributed by atoms with Crippen LogP contribution in [0.25, 0.3) is 22.2 Å². The Morgan fingerprint density at radius 1 is 1.19 bits per heavy atom. The summed E-state index contributed by atoms with van der Waals surface area (Å²) in [6, 6.07) is 9.54. The van der Waals surface area contributed by atoms with Gasteiger partial charge in [-0.2, -0.15) is 15.6 Å². The highest BCUT2D eigenvalue weighted by Crippen LogP contribution is 2.47. The molecular formula is C27H29FN8O. The average molecular weight is 501 g/mol. The Kier molecular flexibility index (Phi) is 6.07. The third-order valence-electron chi connectivity index (χ3n) is 7.87. The molecule has 2 aromatic heterocycles. The van der Waals surface area contributed by atoms with Crippen molar-refractivity contribution in [3.05, 3.63) is 35.8 Å². The number of aromatic nitrogens is 4. The molecule has 3 heterocycles. The lowest BCUT2D eigenvalue weighted by atomic mass is 9.90. The van der Waals surface area contributed by atoms with Gasteiger partial charge < -0.3 is 9.80 Å². The van der Waals surface area contributed by atoms with Crippen molar-refractivity contribution in [3.63, 3.8) is 0 Å². The third kappa shape index (κ3) is 3.97. The summed E-state index contributed by atoms with van der Waals surface area (Å²) in [5, 5.41) is 24.4. The molecule has 0 bridgehead atoms. The minimum atomic E-state index is -1.68. The van der Waals surface area contributed by atoms with E-state index in [0.717, 1.165) is 35.1 Å². The van der Waals surface area contributed by atoms with E-state index >= 15 is 0 Å². The monoisotopic (exact) mass is 500 g/mol. The summed E-state index contributed by atoms with van der Waals surface area (Å²) in [5.74, 6) is 0.759. The number of rotatable bonds is 5. The van der Waals surface area contributed by atoms with Crippen LogP contribution < -0.4 is 4.90 Å².